The maximum Gasteiger partial charge on any atom is 0.274 e. The molecular formula is C27H28N10O3S2. The first-order valence-corrected chi connectivity index (χ1v) is 16.3. The third-order valence-corrected chi connectivity index (χ3v) is 10.6. The molecule has 13 nitrogen and oxygen atoms in total. The van der Waals surface area contributed by atoms with Gasteiger partial charge >= 0.3 is 0 Å². The Morgan fingerprint density at radius 3 is 2.45 bits per heavy atom. The Labute approximate surface area is 245 Å². The number of nitrogens with two attached hydrogens (primary N) is 1. The predicted octanol–water partition coefficient (Wildman–Crippen LogP) is 3.19. The van der Waals surface area contributed by atoms with E-state index < -0.39 is 9.84 Å². The van der Waals surface area contributed by atoms with Crippen LogP contribution in [0.15, 0.2) is 35.6 Å². The Kier molecular flexibility index (Phi) is 6.13. The van der Waals surface area contributed by atoms with Crippen LogP contribution >= 0.6 is 11.3 Å². The number of rotatable bonds is 5. The van der Waals surface area contributed by atoms with Crippen molar-refractivity contribution >= 4 is 38.5 Å². The lowest BCUT2D eigenvalue weighted by Gasteiger charge is -2.39. The fraction of sp³-hybridized carbons (Fsp3) is 0.370. The first kappa shape index (κ1) is 26.6. The number of nitrogen functional groups attached to an aromatic ring is 1. The van der Waals surface area contributed by atoms with Gasteiger partial charge in [-0.05, 0) is 45.6 Å². The number of hydrogen-bond acceptors (Lipinski definition) is 11. The number of H-pyrrole nitrogens is 1. The van der Waals surface area contributed by atoms with Gasteiger partial charge in [0.2, 0.25) is 0 Å². The zero-order valence-electron chi connectivity index (χ0n) is 23.1. The molecule has 2 atom stereocenters. The number of thiazole rings is 1. The van der Waals surface area contributed by atoms with Crippen molar-refractivity contribution in [2.24, 2.45) is 0 Å². The molecule has 0 saturated carbocycles. The Balaban J connectivity index is 1.28. The molecule has 0 aromatic carbocycles. The van der Waals surface area contributed by atoms with E-state index in [2.05, 4.69) is 30.5 Å². The smallest absolute Gasteiger partial charge is 0.274 e. The summed E-state index contributed by atoms with van der Waals surface area (Å²) in [5.74, 6) is -0.325. The van der Waals surface area contributed by atoms with Crippen molar-refractivity contribution in [1.29, 1.82) is 0 Å². The monoisotopic (exact) mass is 604 g/mol. The summed E-state index contributed by atoms with van der Waals surface area (Å²) in [4.78, 5) is 30.4. The second-order valence-corrected chi connectivity index (χ2v) is 14.2. The average Bonchev–Trinajstić information content (AvgIpc) is 3.75. The van der Waals surface area contributed by atoms with Crippen LogP contribution in [0.5, 0.6) is 0 Å². The minimum Gasteiger partial charge on any atom is -0.382 e. The second kappa shape index (κ2) is 9.66. The first-order chi connectivity index (χ1) is 20.1. The number of carbonyl (C=O) groups excluding carboxylic acids is 1. The van der Waals surface area contributed by atoms with Gasteiger partial charge in [-0.15, -0.1) is 16.4 Å². The Hall–Kier alpha value is -4.24. The molecule has 2 aliphatic heterocycles. The number of aromatic amines is 1. The van der Waals surface area contributed by atoms with Gasteiger partial charge in [0, 0.05) is 46.5 Å². The van der Waals surface area contributed by atoms with E-state index in [4.69, 9.17) is 10.7 Å². The van der Waals surface area contributed by atoms with E-state index in [0.717, 1.165) is 45.9 Å². The van der Waals surface area contributed by atoms with Gasteiger partial charge in [-0.2, -0.15) is 9.61 Å². The van der Waals surface area contributed by atoms with Gasteiger partial charge < -0.3 is 10.6 Å². The Bertz CT molecular complexity index is 1910. The number of amides is 1. The number of anilines is 1. The zero-order chi connectivity index (χ0) is 29.3. The lowest BCUT2D eigenvalue weighted by molar-refractivity contribution is 0.0562. The van der Waals surface area contributed by atoms with Gasteiger partial charge in [-0.3, -0.25) is 14.9 Å². The zero-order valence-corrected chi connectivity index (χ0v) is 24.8. The van der Waals surface area contributed by atoms with E-state index >= 15 is 0 Å². The van der Waals surface area contributed by atoms with E-state index in [-0.39, 0.29) is 34.6 Å². The molecule has 7 rings (SSSR count). The van der Waals surface area contributed by atoms with Crippen LogP contribution in [-0.4, -0.2) is 77.5 Å². The molecule has 2 saturated heterocycles. The number of fused-ring (bicyclic) bond motifs is 3. The van der Waals surface area contributed by atoms with Crippen molar-refractivity contribution in [2.45, 2.75) is 62.4 Å². The van der Waals surface area contributed by atoms with E-state index in [1.54, 1.807) is 23.7 Å². The number of sulfone groups is 1. The minimum absolute atomic E-state index is 0.00502. The number of aryl methyl sites for hydroxylation is 2. The van der Waals surface area contributed by atoms with Gasteiger partial charge in [-0.1, -0.05) is 11.3 Å². The van der Waals surface area contributed by atoms with Crippen LogP contribution in [0.4, 0.5) is 5.82 Å². The maximum atomic E-state index is 13.2. The SMILES string of the molecule is Cc1nc(-c2ccc(-c3cnn4c(N)c(S(C)(=O)=O)c(C5CC6CCC(C5)N6C(=O)c5cnn[nH]5)nc34)cn2)sc1C. The van der Waals surface area contributed by atoms with Crippen molar-refractivity contribution in [3.05, 3.63) is 52.7 Å². The number of piperidine rings is 1. The first-order valence-electron chi connectivity index (χ1n) is 13.6. The molecular weight excluding hydrogens is 576 g/mol. The quantitative estimate of drug-likeness (QED) is 0.303. The van der Waals surface area contributed by atoms with Crippen LogP contribution in [-0.2, 0) is 9.84 Å². The van der Waals surface area contributed by atoms with Crippen molar-refractivity contribution in [2.75, 3.05) is 12.0 Å². The summed E-state index contributed by atoms with van der Waals surface area (Å²) in [7, 11) is -3.75. The largest absolute Gasteiger partial charge is 0.382 e. The third kappa shape index (κ3) is 4.26. The molecule has 15 heteroatoms. The third-order valence-electron chi connectivity index (χ3n) is 8.36. The van der Waals surface area contributed by atoms with Crippen LogP contribution < -0.4 is 5.73 Å². The highest BCUT2D eigenvalue weighted by atomic mass is 32.2. The van der Waals surface area contributed by atoms with Crippen LogP contribution in [0, 0.1) is 13.8 Å². The molecule has 5 aromatic rings. The van der Waals surface area contributed by atoms with Gasteiger partial charge in [0.05, 0.1) is 29.5 Å². The van der Waals surface area contributed by atoms with Crippen LogP contribution in [0.25, 0.3) is 27.5 Å². The van der Waals surface area contributed by atoms with Gasteiger partial charge in [0.15, 0.2) is 15.5 Å². The lowest BCUT2D eigenvalue weighted by atomic mass is 9.87. The standard InChI is InChI=1S/C27H28N10O3S2/c1-13-14(2)41-26(32-13)20-7-4-15(10-29-20)19-11-31-37-24(28)23(42(3,39)40)22(33-25(19)37)16-8-17-5-6-18(9-16)36(17)27(38)21-12-30-35-34-21/h4,7,10-12,16-18H,5-6,8-9,28H2,1-3H3,(H,30,34,35). The number of nitrogens with zero attached hydrogens (tertiary/aromatic N) is 8. The molecule has 7 heterocycles. The molecule has 3 N–H and O–H groups in total. The molecule has 2 bridgehead atoms. The van der Waals surface area contributed by atoms with Crippen molar-refractivity contribution < 1.29 is 13.2 Å². The van der Waals surface area contributed by atoms with E-state index in [0.29, 0.717) is 35.4 Å². The number of pyridine rings is 1. The van der Waals surface area contributed by atoms with E-state index in [1.165, 1.54) is 10.7 Å². The highest BCUT2D eigenvalue weighted by Crippen LogP contribution is 2.45. The molecule has 5 aromatic heterocycles. The number of aromatic nitrogens is 8. The Morgan fingerprint density at radius 2 is 1.86 bits per heavy atom. The Morgan fingerprint density at radius 1 is 1.10 bits per heavy atom. The average molecular weight is 605 g/mol. The molecule has 0 radical (unpaired) electrons. The summed E-state index contributed by atoms with van der Waals surface area (Å²) in [6.45, 7) is 4.01. The summed E-state index contributed by atoms with van der Waals surface area (Å²) in [6.07, 6.45) is 8.74. The lowest BCUT2D eigenvalue weighted by Crippen LogP contribution is -2.46. The number of hydrogen-bond donors (Lipinski definition) is 2. The van der Waals surface area contributed by atoms with Crippen molar-refractivity contribution in [3.63, 3.8) is 0 Å². The van der Waals surface area contributed by atoms with Gasteiger partial charge in [-0.25, -0.2) is 18.4 Å². The number of nitrogens with one attached hydrogen (secondary N) is 1. The van der Waals surface area contributed by atoms with Crippen molar-refractivity contribution in [1.82, 2.24) is 44.9 Å². The van der Waals surface area contributed by atoms with E-state index in [9.17, 15) is 13.2 Å². The van der Waals surface area contributed by atoms with Gasteiger partial charge in [0.1, 0.15) is 21.4 Å². The predicted molar refractivity (Wildman–Crippen MR) is 156 cm³/mol. The summed E-state index contributed by atoms with van der Waals surface area (Å²) in [6, 6.07) is 3.72. The summed E-state index contributed by atoms with van der Waals surface area (Å²) in [5, 5.41) is 15.3. The summed E-state index contributed by atoms with van der Waals surface area (Å²) >= 11 is 1.60. The molecule has 2 aliphatic rings. The summed E-state index contributed by atoms with van der Waals surface area (Å²) < 4.78 is 27.6. The van der Waals surface area contributed by atoms with Crippen LogP contribution in [0.2, 0.25) is 0 Å². The van der Waals surface area contributed by atoms with Crippen molar-refractivity contribution in [3.8, 4) is 21.8 Å². The maximum absolute atomic E-state index is 13.2. The number of carbonyl (C=O) groups is 1. The molecule has 2 unspecified atom stereocenters. The molecule has 0 aliphatic carbocycles. The van der Waals surface area contributed by atoms with E-state index in [1.807, 2.05) is 30.9 Å². The molecule has 216 valence electrons. The van der Waals surface area contributed by atoms with Crippen LogP contribution in [0.1, 0.15) is 58.4 Å². The fourth-order valence-corrected chi connectivity index (χ4v) is 8.26. The highest BCUT2D eigenvalue weighted by Gasteiger charge is 2.46. The molecule has 1 amide bonds. The topological polar surface area (TPSA) is 178 Å². The molecule has 2 fully saturated rings. The normalized spacial score (nSPS) is 20.5. The summed E-state index contributed by atoms with van der Waals surface area (Å²) in [5.41, 5.74) is 11.0. The minimum atomic E-state index is -3.75. The fourth-order valence-electron chi connectivity index (χ4n) is 6.31. The molecule has 42 heavy (non-hydrogen) atoms. The van der Waals surface area contributed by atoms with Gasteiger partial charge in [0.25, 0.3) is 5.91 Å². The second-order valence-electron chi connectivity index (χ2n) is 11.0. The molecule has 0 spiro atoms. The van der Waals surface area contributed by atoms with Crippen LogP contribution in [0.3, 0.4) is 0 Å². The highest BCUT2D eigenvalue weighted by molar-refractivity contribution is 7.91.